The molecule has 0 amide bonds. The predicted molar refractivity (Wildman–Crippen MR) is 65.1 cm³/mol. The summed E-state index contributed by atoms with van der Waals surface area (Å²) < 4.78 is 6.09. The molecule has 0 aliphatic carbocycles. The third-order valence-corrected chi connectivity index (χ3v) is 2.86. The van der Waals surface area contributed by atoms with E-state index in [1.807, 2.05) is 25.1 Å². The highest BCUT2D eigenvalue weighted by molar-refractivity contribution is 9.10. The number of fused-ring (bicyclic) bond motifs is 1. The van der Waals surface area contributed by atoms with Crippen molar-refractivity contribution < 1.29 is 4.74 Å². The second kappa shape index (κ2) is 3.70. The first-order chi connectivity index (χ1) is 7.11. The van der Waals surface area contributed by atoms with Crippen molar-refractivity contribution in [1.29, 1.82) is 0 Å². The molecule has 0 saturated heterocycles. The lowest BCUT2D eigenvalue weighted by atomic mass is 10.1. The summed E-state index contributed by atoms with van der Waals surface area (Å²) in [5, 5.41) is 0.938. The lowest BCUT2D eigenvalue weighted by Crippen LogP contribution is -1.93. The highest BCUT2D eigenvalue weighted by atomic mass is 79.9. The topological polar surface area (TPSA) is 48.1 Å². The second-order valence-electron chi connectivity index (χ2n) is 3.36. The highest BCUT2D eigenvalue weighted by Crippen LogP contribution is 2.32. The number of methoxy groups -OCH3 is 1. The number of hydrogen-bond acceptors (Lipinski definition) is 3. The average molecular weight is 267 g/mol. The van der Waals surface area contributed by atoms with Crippen molar-refractivity contribution in [3.63, 3.8) is 0 Å². The van der Waals surface area contributed by atoms with Gasteiger partial charge in [-0.1, -0.05) is 0 Å². The van der Waals surface area contributed by atoms with Crippen LogP contribution in [0.5, 0.6) is 5.75 Å². The molecule has 0 unspecified atom stereocenters. The molecule has 3 nitrogen and oxygen atoms in total. The Bertz CT molecular complexity index is 525. The summed E-state index contributed by atoms with van der Waals surface area (Å²) in [7, 11) is 1.63. The van der Waals surface area contributed by atoms with E-state index in [1.54, 1.807) is 7.11 Å². The smallest absolute Gasteiger partial charge is 0.135 e. The molecule has 0 aliphatic heterocycles. The van der Waals surface area contributed by atoms with Gasteiger partial charge >= 0.3 is 0 Å². The Morgan fingerprint density at radius 3 is 2.73 bits per heavy atom. The van der Waals surface area contributed by atoms with Crippen molar-refractivity contribution in [3.8, 4) is 5.75 Å². The van der Waals surface area contributed by atoms with Crippen molar-refractivity contribution in [2.45, 2.75) is 6.92 Å². The number of aryl methyl sites for hydroxylation is 1. The molecule has 2 N–H and O–H groups in total. The fourth-order valence-corrected chi connectivity index (χ4v) is 2.05. The maximum absolute atomic E-state index is 5.92. The van der Waals surface area contributed by atoms with Gasteiger partial charge in [-0.3, -0.25) is 4.98 Å². The van der Waals surface area contributed by atoms with Crippen molar-refractivity contribution in [1.82, 2.24) is 4.98 Å². The summed E-state index contributed by atoms with van der Waals surface area (Å²) in [6, 6.07) is 5.67. The first-order valence-corrected chi connectivity index (χ1v) is 5.31. The Hall–Kier alpha value is -1.29. The van der Waals surface area contributed by atoms with Crippen LogP contribution in [0.2, 0.25) is 0 Å². The molecule has 0 aliphatic rings. The molecule has 15 heavy (non-hydrogen) atoms. The van der Waals surface area contributed by atoms with Gasteiger partial charge in [-0.25, -0.2) is 0 Å². The van der Waals surface area contributed by atoms with Gasteiger partial charge in [0.05, 0.1) is 17.1 Å². The van der Waals surface area contributed by atoms with Crippen LogP contribution in [0.15, 0.2) is 22.7 Å². The fraction of sp³-hybridized carbons (Fsp3) is 0.182. The molecule has 0 radical (unpaired) electrons. The van der Waals surface area contributed by atoms with Crippen molar-refractivity contribution >= 4 is 32.5 Å². The largest absolute Gasteiger partial charge is 0.495 e. The summed E-state index contributed by atoms with van der Waals surface area (Å²) in [6.45, 7) is 1.92. The van der Waals surface area contributed by atoms with Crippen molar-refractivity contribution in [2.24, 2.45) is 0 Å². The zero-order valence-corrected chi connectivity index (χ0v) is 10.1. The molecule has 0 atom stereocenters. The first kappa shape index (κ1) is 10.2. The van der Waals surface area contributed by atoms with E-state index >= 15 is 0 Å². The monoisotopic (exact) mass is 266 g/mol. The fourth-order valence-electron chi connectivity index (χ4n) is 1.55. The van der Waals surface area contributed by atoms with E-state index in [0.717, 1.165) is 32.5 Å². The third kappa shape index (κ3) is 1.77. The van der Waals surface area contributed by atoms with Gasteiger partial charge in [-0.15, -0.1) is 0 Å². The van der Waals surface area contributed by atoms with Crippen molar-refractivity contribution in [3.05, 3.63) is 28.4 Å². The standard InChI is InChI=1S/C11H11BrN2O/c1-6-3-9(13)7-4-8(12)11(15-2)5-10(7)14-6/h3-5H,1-2H3,(H2,13,14). The van der Waals surface area contributed by atoms with Gasteiger partial charge in [0.25, 0.3) is 0 Å². The zero-order valence-electron chi connectivity index (χ0n) is 8.54. The molecule has 0 saturated carbocycles. The van der Waals surface area contributed by atoms with Crippen molar-refractivity contribution in [2.75, 3.05) is 12.8 Å². The van der Waals surface area contributed by atoms with Crippen LogP contribution in [0.25, 0.3) is 10.9 Å². The number of pyridine rings is 1. The van der Waals surface area contributed by atoms with E-state index in [0.29, 0.717) is 0 Å². The van der Waals surface area contributed by atoms with Gasteiger partial charge in [0.2, 0.25) is 0 Å². The van der Waals surface area contributed by atoms with Gasteiger partial charge in [0.15, 0.2) is 0 Å². The van der Waals surface area contributed by atoms with Crippen LogP contribution < -0.4 is 10.5 Å². The lowest BCUT2D eigenvalue weighted by Gasteiger charge is -2.07. The molecule has 0 bridgehead atoms. The average Bonchev–Trinajstić information content (AvgIpc) is 2.18. The highest BCUT2D eigenvalue weighted by Gasteiger charge is 2.06. The maximum atomic E-state index is 5.92. The summed E-state index contributed by atoms with van der Waals surface area (Å²) in [5.41, 5.74) is 8.41. The van der Waals surface area contributed by atoms with E-state index in [4.69, 9.17) is 10.5 Å². The molecule has 1 heterocycles. The number of nitrogen functional groups attached to an aromatic ring is 1. The van der Waals surface area contributed by atoms with Gasteiger partial charge in [0, 0.05) is 22.8 Å². The summed E-state index contributed by atoms with van der Waals surface area (Å²) in [4.78, 5) is 4.41. The van der Waals surface area contributed by atoms with Gasteiger partial charge < -0.3 is 10.5 Å². The Morgan fingerprint density at radius 1 is 1.33 bits per heavy atom. The van der Waals surface area contributed by atoms with E-state index in [-0.39, 0.29) is 0 Å². The van der Waals surface area contributed by atoms with Crippen LogP contribution in [0.3, 0.4) is 0 Å². The lowest BCUT2D eigenvalue weighted by molar-refractivity contribution is 0.412. The van der Waals surface area contributed by atoms with Crippen LogP contribution in [0.4, 0.5) is 5.69 Å². The third-order valence-electron chi connectivity index (χ3n) is 2.24. The Labute approximate surface area is 96.4 Å². The molecule has 2 aromatic rings. The number of anilines is 1. The van der Waals surface area contributed by atoms with Gasteiger partial charge in [-0.2, -0.15) is 0 Å². The molecule has 78 valence electrons. The normalized spacial score (nSPS) is 10.6. The number of rotatable bonds is 1. The van der Waals surface area contributed by atoms with E-state index in [1.165, 1.54) is 0 Å². The quantitative estimate of drug-likeness (QED) is 0.864. The number of hydrogen-bond donors (Lipinski definition) is 1. The van der Waals surface area contributed by atoms with E-state index in [2.05, 4.69) is 20.9 Å². The predicted octanol–water partition coefficient (Wildman–Crippen LogP) is 2.90. The van der Waals surface area contributed by atoms with Gasteiger partial charge in [0.1, 0.15) is 5.75 Å². The minimum absolute atomic E-state index is 0.737. The van der Waals surface area contributed by atoms with Crippen LogP contribution >= 0.6 is 15.9 Å². The number of nitrogens with two attached hydrogens (primary N) is 1. The molecular formula is C11H11BrN2O. The summed E-state index contributed by atoms with van der Waals surface area (Å²) in [5.74, 6) is 0.764. The summed E-state index contributed by atoms with van der Waals surface area (Å²) >= 11 is 3.42. The number of halogens is 1. The molecule has 4 heteroatoms. The first-order valence-electron chi connectivity index (χ1n) is 4.52. The summed E-state index contributed by atoms with van der Waals surface area (Å²) in [6.07, 6.45) is 0. The number of nitrogens with zero attached hydrogens (tertiary/aromatic N) is 1. The molecule has 0 fully saturated rings. The van der Waals surface area contributed by atoms with Crippen LogP contribution in [0.1, 0.15) is 5.69 Å². The SMILES string of the molecule is COc1cc2nc(C)cc(N)c2cc1Br. The van der Waals surface area contributed by atoms with Gasteiger partial charge in [-0.05, 0) is 35.0 Å². The minimum Gasteiger partial charge on any atom is -0.495 e. The number of aromatic nitrogens is 1. The Morgan fingerprint density at radius 2 is 2.07 bits per heavy atom. The Balaban J connectivity index is 2.81. The maximum Gasteiger partial charge on any atom is 0.135 e. The van der Waals surface area contributed by atoms with E-state index < -0.39 is 0 Å². The minimum atomic E-state index is 0.737. The van der Waals surface area contributed by atoms with Crippen LogP contribution in [-0.4, -0.2) is 12.1 Å². The molecule has 1 aromatic heterocycles. The van der Waals surface area contributed by atoms with Crippen LogP contribution in [0, 0.1) is 6.92 Å². The molecule has 1 aromatic carbocycles. The second-order valence-corrected chi connectivity index (χ2v) is 4.21. The number of benzene rings is 1. The van der Waals surface area contributed by atoms with E-state index in [9.17, 15) is 0 Å². The Kier molecular flexibility index (Phi) is 2.52. The molecule has 0 spiro atoms. The number of ether oxygens (including phenoxy) is 1. The molecule has 2 rings (SSSR count). The molecular weight excluding hydrogens is 256 g/mol. The van der Waals surface area contributed by atoms with Crippen LogP contribution in [-0.2, 0) is 0 Å². The zero-order chi connectivity index (χ0) is 11.0.